The van der Waals surface area contributed by atoms with E-state index in [1.165, 1.54) is 11.6 Å². The lowest BCUT2D eigenvalue weighted by Crippen LogP contribution is -2.32. The molecule has 2 atom stereocenters. The van der Waals surface area contributed by atoms with Gasteiger partial charge in [-0.2, -0.15) is 0 Å². The molecule has 0 unspecified atom stereocenters. The molecule has 0 fully saturated rings. The SMILES string of the molecule is COc1ccc(C[C@@H](C)NC[C@H](O)c2cccc3c2ccc(=O)n3O)cc1. The number of aliphatic hydroxyl groups is 1. The van der Waals surface area contributed by atoms with Crippen LogP contribution in [-0.4, -0.2) is 34.7 Å². The van der Waals surface area contributed by atoms with Gasteiger partial charge in [-0.15, -0.1) is 4.73 Å². The number of hydrogen-bond donors (Lipinski definition) is 3. The number of nitrogens with one attached hydrogen (secondary N) is 1. The first-order valence-electron chi connectivity index (χ1n) is 8.88. The van der Waals surface area contributed by atoms with Crippen molar-refractivity contribution in [3.05, 3.63) is 76.1 Å². The van der Waals surface area contributed by atoms with Crippen LogP contribution in [0.15, 0.2) is 59.4 Å². The van der Waals surface area contributed by atoms with Gasteiger partial charge in [0.25, 0.3) is 5.56 Å². The number of hydrogen-bond acceptors (Lipinski definition) is 5. The molecule has 0 bridgehead atoms. The number of nitrogens with zero attached hydrogens (tertiary/aromatic N) is 1. The van der Waals surface area contributed by atoms with Crippen molar-refractivity contribution < 1.29 is 15.1 Å². The van der Waals surface area contributed by atoms with Crippen LogP contribution in [0.5, 0.6) is 5.75 Å². The lowest BCUT2D eigenvalue weighted by molar-refractivity contribution is 0.171. The Bertz CT molecular complexity index is 966. The highest BCUT2D eigenvalue weighted by molar-refractivity contribution is 5.82. The summed E-state index contributed by atoms with van der Waals surface area (Å²) in [5, 5.41) is 24.5. The van der Waals surface area contributed by atoms with Crippen molar-refractivity contribution in [3.63, 3.8) is 0 Å². The molecule has 142 valence electrons. The Morgan fingerprint density at radius 3 is 2.56 bits per heavy atom. The van der Waals surface area contributed by atoms with Crippen molar-refractivity contribution in [2.45, 2.75) is 25.5 Å². The molecule has 3 aromatic rings. The Hall–Kier alpha value is -2.83. The lowest BCUT2D eigenvalue weighted by Gasteiger charge is -2.19. The van der Waals surface area contributed by atoms with Crippen molar-refractivity contribution in [2.75, 3.05) is 13.7 Å². The maximum absolute atomic E-state index is 11.6. The lowest BCUT2D eigenvalue weighted by atomic mass is 10.0. The molecule has 1 aromatic heterocycles. The quantitative estimate of drug-likeness (QED) is 0.558. The summed E-state index contributed by atoms with van der Waals surface area (Å²) in [5.74, 6) is 0.827. The predicted molar refractivity (Wildman–Crippen MR) is 105 cm³/mol. The van der Waals surface area contributed by atoms with E-state index in [9.17, 15) is 15.1 Å². The molecule has 0 aliphatic carbocycles. The average molecular weight is 368 g/mol. The Labute approximate surface area is 157 Å². The van der Waals surface area contributed by atoms with Gasteiger partial charge < -0.3 is 20.4 Å². The van der Waals surface area contributed by atoms with Crippen LogP contribution in [0, 0.1) is 0 Å². The van der Waals surface area contributed by atoms with Gasteiger partial charge >= 0.3 is 0 Å². The molecule has 6 heteroatoms. The van der Waals surface area contributed by atoms with Gasteiger partial charge in [0.1, 0.15) is 5.75 Å². The number of ether oxygens (including phenoxy) is 1. The molecule has 0 radical (unpaired) electrons. The van der Waals surface area contributed by atoms with Gasteiger partial charge in [-0.3, -0.25) is 4.79 Å². The normalized spacial score (nSPS) is 13.4. The highest BCUT2D eigenvalue weighted by Gasteiger charge is 2.14. The van der Waals surface area contributed by atoms with E-state index in [0.717, 1.165) is 12.2 Å². The molecular formula is C21H24N2O4. The zero-order valence-electron chi connectivity index (χ0n) is 15.4. The number of rotatable bonds is 7. The third-order valence-electron chi connectivity index (χ3n) is 4.67. The van der Waals surface area contributed by atoms with Gasteiger partial charge in [-0.05, 0) is 48.7 Å². The van der Waals surface area contributed by atoms with E-state index < -0.39 is 11.7 Å². The minimum absolute atomic E-state index is 0.166. The summed E-state index contributed by atoms with van der Waals surface area (Å²) in [6, 6.07) is 16.2. The summed E-state index contributed by atoms with van der Waals surface area (Å²) < 4.78 is 5.77. The van der Waals surface area contributed by atoms with Gasteiger partial charge in [0, 0.05) is 24.0 Å². The van der Waals surface area contributed by atoms with Crippen LogP contribution in [0.25, 0.3) is 10.9 Å². The van der Waals surface area contributed by atoms with E-state index in [1.807, 2.05) is 24.3 Å². The molecule has 27 heavy (non-hydrogen) atoms. The number of aromatic nitrogens is 1. The topological polar surface area (TPSA) is 83.7 Å². The van der Waals surface area contributed by atoms with Crippen molar-refractivity contribution in [1.82, 2.24) is 10.0 Å². The number of methoxy groups -OCH3 is 1. The molecule has 0 aliphatic heterocycles. The third-order valence-corrected chi connectivity index (χ3v) is 4.67. The number of benzene rings is 2. The summed E-state index contributed by atoms with van der Waals surface area (Å²) in [6.45, 7) is 2.42. The molecule has 0 spiro atoms. The van der Waals surface area contributed by atoms with Crippen LogP contribution in [0.2, 0.25) is 0 Å². The fourth-order valence-corrected chi connectivity index (χ4v) is 3.18. The Balaban J connectivity index is 1.66. The zero-order chi connectivity index (χ0) is 19.4. The van der Waals surface area contributed by atoms with Crippen molar-refractivity contribution in [2.24, 2.45) is 0 Å². The van der Waals surface area contributed by atoms with Gasteiger partial charge in [0.15, 0.2) is 0 Å². The Morgan fingerprint density at radius 2 is 1.85 bits per heavy atom. The highest BCUT2D eigenvalue weighted by atomic mass is 16.5. The molecule has 0 amide bonds. The predicted octanol–water partition coefficient (Wildman–Crippen LogP) is 2.50. The minimum atomic E-state index is -0.760. The number of fused-ring (bicyclic) bond motifs is 1. The molecule has 3 N–H and O–H groups in total. The number of aliphatic hydroxyl groups excluding tert-OH is 1. The zero-order valence-corrected chi connectivity index (χ0v) is 15.4. The van der Waals surface area contributed by atoms with E-state index in [0.29, 0.717) is 27.7 Å². The molecule has 0 aliphatic rings. The van der Waals surface area contributed by atoms with Gasteiger partial charge in [0.2, 0.25) is 0 Å². The molecule has 0 saturated carbocycles. The van der Waals surface area contributed by atoms with Crippen LogP contribution < -0.4 is 15.6 Å². The summed E-state index contributed by atoms with van der Waals surface area (Å²) in [4.78, 5) is 11.6. The van der Waals surface area contributed by atoms with Crippen LogP contribution in [0.1, 0.15) is 24.2 Å². The summed E-state index contributed by atoms with van der Waals surface area (Å²) >= 11 is 0. The van der Waals surface area contributed by atoms with Crippen molar-refractivity contribution in [3.8, 4) is 5.75 Å². The van der Waals surface area contributed by atoms with Crippen LogP contribution >= 0.6 is 0 Å². The van der Waals surface area contributed by atoms with E-state index >= 15 is 0 Å². The molecule has 6 nitrogen and oxygen atoms in total. The fraction of sp³-hybridized carbons (Fsp3) is 0.286. The second-order valence-corrected chi connectivity index (χ2v) is 6.64. The summed E-state index contributed by atoms with van der Waals surface area (Å²) in [5.41, 5.74) is 1.73. The molecule has 1 heterocycles. The Kier molecular flexibility index (Phi) is 5.78. The van der Waals surface area contributed by atoms with Gasteiger partial charge in [-0.25, -0.2) is 0 Å². The van der Waals surface area contributed by atoms with E-state index in [4.69, 9.17) is 4.74 Å². The highest BCUT2D eigenvalue weighted by Crippen LogP contribution is 2.23. The fourth-order valence-electron chi connectivity index (χ4n) is 3.18. The first-order valence-corrected chi connectivity index (χ1v) is 8.88. The van der Waals surface area contributed by atoms with Crippen LogP contribution in [-0.2, 0) is 6.42 Å². The first kappa shape index (κ1) is 18.9. The van der Waals surface area contributed by atoms with Crippen molar-refractivity contribution >= 4 is 10.9 Å². The molecule has 0 saturated heterocycles. The first-order chi connectivity index (χ1) is 13.0. The average Bonchev–Trinajstić information content (AvgIpc) is 2.69. The summed E-state index contributed by atoms with van der Waals surface area (Å²) in [7, 11) is 1.64. The minimum Gasteiger partial charge on any atom is -0.497 e. The smallest absolute Gasteiger partial charge is 0.283 e. The molecule has 3 rings (SSSR count). The second-order valence-electron chi connectivity index (χ2n) is 6.64. The largest absolute Gasteiger partial charge is 0.497 e. The molecular weight excluding hydrogens is 344 g/mol. The van der Waals surface area contributed by atoms with Crippen LogP contribution in [0.4, 0.5) is 0 Å². The second kappa shape index (κ2) is 8.24. The van der Waals surface area contributed by atoms with Crippen LogP contribution in [0.3, 0.4) is 0 Å². The maximum Gasteiger partial charge on any atom is 0.283 e. The maximum atomic E-state index is 11.6. The number of pyridine rings is 1. The van der Waals surface area contributed by atoms with E-state index in [-0.39, 0.29) is 6.04 Å². The van der Waals surface area contributed by atoms with E-state index in [1.54, 1.807) is 31.4 Å². The van der Waals surface area contributed by atoms with Gasteiger partial charge in [0.05, 0.1) is 18.7 Å². The third kappa shape index (κ3) is 4.30. The Morgan fingerprint density at radius 1 is 1.11 bits per heavy atom. The van der Waals surface area contributed by atoms with Crippen molar-refractivity contribution in [1.29, 1.82) is 0 Å². The summed E-state index contributed by atoms with van der Waals surface area (Å²) in [6.07, 6.45) is 0.0622. The standard InChI is InChI=1S/C21H24N2O4/c1-14(12-15-6-8-16(27-2)9-7-15)22-13-20(24)18-4-3-5-19-17(18)10-11-21(25)23(19)26/h3-11,14,20,22,24,26H,12-13H2,1-2H3/t14-,20+/m1/s1. The van der Waals surface area contributed by atoms with E-state index in [2.05, 4.69) is 12.2 Å². The van der Waals surface area contributed by atoms with Gasteiger partial charge in [-0.1, -0.05) is 24.3 Å². The molecule has 2 aromatic carbocycles. The monoisotopic (exact) mass is 368 g/mol.